The monoisotopic (exact) mass is 291 g/mol. The third-order valence-corrected chi connectivity index (χ3v) is 2.80. The highest BCUT2D eigenvalue weighted by molar-refractivity contribution is 5.92. The lowest BCUT2D eigenvalue weighted by molar-refractivity contribution is -0.115. The number of benzene rings is 2. The van der Waals surface area contributed by atoms with E-state index in [-0.39, 0.29) is 18.0 Å². The Morgan fingerprint density at radius 2 is 1.86 bits per heavy atom. The summed E-state index contributed by atoms with van der Waals surface area (Å²) in [5.74, 6) is -1.12. The lowest BCUT2D eigenvalue weighted by atomic mass is 10.1. The van der Waals surface area contributed by atoms with Crippen LogP contribution in [-0.2, 0) is 11.2 Å². The highest BCUT2D eigenvalue weighted by Crippen LogP contribution is 2.16. The van der Waals surface area contributed by atoms with Crippen molar-refractivity contribution in [3.8, 4) is 5.75 Å². The number of carbonyl (C=O) groups excluding carboxylic acids is 1. The number of halogens is 2. The Balaban J connectivity index is 1.98. The first kappa shape index (κ1) is 15.0. The molecule has 0 atom stereocenters. The molecule has 21 heavy (non-hydrogen) atoms. The molecule has 1 N–H and O–H groups in total. The topological polar surface area (TPSA) is 38.3 Å². The second-order valence-electron chi connectivity index (χ2n) is 4.43. The Hall–Kier alpha value is -2.43. The highest BCUT2D eigenvalue weighted by atomic mass is 19.1. The van der Waals surface area contributed by atoms with Gasteiger partial charge in [0.25, 0.3) is 0 Å². The smallest absolute Gasteiger partial charge is 0.228 e. The average molecular weight is 291 g/mol. The van der Waals surface area contributed by atoms with Gasteiger partial charge in [0.15, 0.2) is 0 Å². The third kappa shape index (κ3) is 4.27. The molecular weight excluding hydrogens is 276 g/mol. The minimum Gasteiger partial charge on any atom is -0.494 e. The fraction of sp³-hybridized carbons (Fsp3) is 0.188. The zero-order valence-corrected chi connectivity index (χ0v) is 11.5. The van der Waals surface area contributed by atoms with Gasteiger partial charge in [0.2, 0.25) is 5.91 Å². The lowest BCUT2D eigenvalue weighted by Gasteiger charge is -2.07. The van der Waals surface area contributed by atoms with Gasteiger partial charge in [-0.3, -0.25) is 4.79 Å². The van der Waals surface area contributed by atoms with Gasteiger partial charge in [0.1, 0.15) is 17.4 Å². The van der Waals surface area contributed by atoms with E-state index in [0.29, 0.717) is 6.61 Å². The Morgan fingerprint density at radius 1 is 1.14 bits per heavy atom. The standard InChI is InChI=1S/C16H15F2NO2/c1-2-21-13-6-3-11(4-7-13)9-16(20)19-15-8-5-12(17)10-14(15)18/h3-8,10H,2,9H2,1H3,(H,19,20). The summed E-state index contributed by atoms with van der Waals surface area (Å²) in [6, 6.07) is 10.1. The van der Waals surface area contributed by atoms with Crippen molar-refractivity contribution in [2.75, 3.05) is 11.9 Å². The molecule has 1 amide bonds. The summed E-state index contributed by atoms with van der Waals surface area (Å²) < 4.78 is 31.5. The van der Waals surface area contributed by atoms with E-state index in [0.717, 1.165) is 23.4 Å². The van der Waals surface area contributed by atoms with Gasteiger partial charge >= 0.3 is 0 Å². The van der Waals surface area contributed by atoms with Crippen LogP contribution in [0.2, 0.25) is 0 Å². The Kier molecular flexibility index (Phi) is 4.87. The summed E-state index contributed by atoms with van der Waals surface area (Å²) in [5.41, 5.74) is 0.741. The van der Waals surface area contributed by atoms with Gasteiger partial charge in [-0.1, -0.05) is 12.1 Å². The maximum absolute atomic E-state index is 13.4. The van der Waals surface area contributed by atoms with Gasteiger partial charge < -0.3 is 10.1 Å². The first-order valence-corrected chi connectivity index (χ1v) is 6.55. The molecule has 0 radical (unpaired) electrons. The molecule has 0 saturated carbocycles. The summed E-state index contributed by atoms with van der Waals surface area (Å²) in [5, 5.41) is 2.41. The SMILES string of the molecule is CCOc1ccc(CC(=O)Nc2ccc(F)cc2F)cc1. The van der Waals surface area contributed by atoms with Crippen molar-refractivity contribution in [3.05, 3.63) is 59.7 Å². The second kappa shape index (κ2) is 6.83. The number of hydrogen-bond donors (Lipinski definition) is 1. The summed E-state index contributed by atoms with van der Waals surface area (Å²) in [6.07, 6.45) is 0.100. The molecule has 2 rings (SSSR count). The van der Waals surface area contributed by atoms with Crippen LogP contribution in [0.1, 0.15) is 12.5 Å². The molecule has 2 aromatic rings. The van der Waals surface area contributed by atoms with Crippen LogP contribution in [0, 0.1) is 11.6 Å². The van der Waals surface area contributed by atoms with E-state index < -0.39 is 11.6 Å². The number of amides is 1. The zero-order valence-electron chi connectivity index (χ0n) is 11.5. The molecule has 110 valence electrons. The van der Waals surface area contributed by atoms with E-state index in [2.05, 4.69) is 5.32 Å². The van der Waals surface area contributed by atoms with Crippen molar-refractivity contribution >= 4 is 11.6 Å². The zero-order chi connectivity index (χ0) is 15.2. The quantitative estimate of drug-likeness (QED) is 0.915. The van der Waals surface area contributed by atoms with Crippen LogP contribution < -0.4 is 10.1 Å². The number of hydrogen-bond acceptors (Lipinski definition) is 2. The molecule has 0 saturated heterocycles. The van der Waals surface area contributed by atoms with Gasteiger partial charge in [-0.05, 0) is 36.8 Å². The van der Waals surface area contributed by atoms with Crippen LogP contribution in [0.15, 0.2) is 42.5 Å². The first-order valence-electron chi connectivity index (χ1n) is 6.55. The molecule has 0 heterocycles. The number of carbonyl (C=O) groups is 1. The molecule has 2 aromatic carbocycles. The number of rotatable bonds is 5. The van der Waals surface area contributed by atoms with Crippen molar-refractivity contribution in [1.82, 2.24) is 0 Å². The molecule has 0 aliphatic carbocycles. The van der Waals surface area contributed by atoms with Gasteiger partial charge in [0.05, 0.1) is 18.7 Å². The van der Waals surface area contributed by atoms with E-state index >= 15 is 0 Å². The normalized spacial score (nSPS) is 10.2. The first-order chi connectivity index (χ1) is 10.1. The molecule has 5 heteroatoms. The predicted octanol–water partition coefficient (Wildman–Crippen LogP) is 3.54. The van der Waals surface area contributed by atoms with E-state index in [1.807, 2.05) is 6.92 Å². The number of nitrogens with one attached hydrogen (secondary N) is 1. The summed E-state index contributed by atoms with van der Waals surface area (Å²) in [7, 11) is 0. The van der Waals surface area contributed by atoms with Gasteiger partial charge in [-0.25, -0.2) is 8.78 Å². The molecule has 0 bridgehead atoms. The summed E-state index contributed by atoms with van der Waals surface area (Å²) in [6.45, 7) is 2.46. The largest absolute Gasteiger partial charge is 0.494 e. The maximum Gasteiger partial charge on any atom is 0.228 e. The summed E-state index contributed by atoms with van der Waals surface area (Å²) in [4.78, 5) is 11.8. The van der Waals surface area contributed by atoms with E-state index in [1.165, 1.54) is 6.07 Å². The van der Waals surface area contributed by atoms with Gasteiger partial charge in [-0.2, -0.15) is 0 Å². The van der Waals surface area contributed by atoms with Crippen LogP contribution in [0.5, 0.6) is 5.75 Å². The van der Waals surface area contributed by atoms with E-state index in [4.69, 9.17) is 4.74 Å². The minimum atomic E-state index is -0.796. The molecule has 0 unspecified atom stereocenters. The highest BCUT2D eigenvalue weighted by Gasteiger charge is 2.09. The minimum absolute atomic E-state index is 0.0349. The lowest BCUT2D eigenvalue weighted by Crippen LogP contribution is -2.15. The number of anilines is 1. The second-order valence-corrected chi connectivity index (χ2v) is 4.43. The fourth-order valence-corrected chi connectivity index (χ4v) is 1.84. The molecule has 0 aromatic heterocycles. The Bertz CT molecular complexity index is 627. The van der Waals surface area contributed by atoms with Crippen molar-refractivity contribution in [2.45, 2.75) is 13.3 Å². The van der Waals surface area contributed by atoms with E-state index in [1.54, 1.807) is 24.3 Å². The Labute approximate surface area is 121 Å². The average Bonchev–Trinajstić information content (AvgIpc) is 2.44. The fourth-order valence-electron chi connectivity index (χ4n) is 1.84. The predicted molar refractivity (Wildman–Crippen MR) is 76.3 cm³/mol. The maximum atomic E-state index is 13.4. The van der Waals surface area contributed by atoms with Gasteiger partial charge in [-0.15, -0.1) is 0 Å². The van der Waals surface area contributed by atoms with Crippen LogP contribution in [0.25, 0.3) is 0 Å². The Morgan fingerprint density at radius 3 is 2.48 bits per heavy atom. The van der Waals surface area contributed by atoms with Crippen molar-refractivity contribution in [3.63, 3.8) is 0 Å². The van der Waals surface area contributed by atoms with Crippen molar-refractivity contribution in [2.24, 2.45) is 0 Å². The molecule has 0 aliphatic rings. The molecule has 3 nitrogen and oxygen atoms in total. The molecule has 0 spiro atoms. The van der Waals surface area contributed by atoms with E-state index in [9.17, 15) is 13.6 Å². The van der Waals surface area contributed by atoms with Crippen LogP contribution >= 0.6 is 0 Å². The van der Waals surface area contributed by atoms with Crippen LogP contribution in [0.4, 0.5) is 14.5 Å². The van der Waals surface area contributed by atoms with Crippen molar-refractivity contribution in [1.29, 1.82) is 0 Å². The van der Waals surface area contributed by atoms with Crippen LogP contribution in [-0.4, -0.2) is 12.5 Å². The molecule has 0 fully saturated rings. The van der Waals surface area contributed by atoms with Crippen LogP contribution in [0.3, 0.4) is 0 Å². The third-order valence-electron chi connectivity index (χ3n) is 2.80. The number of ether oxygens (including phenoxy) is 1. The summed E-state index contributed by atoms with van der Waals surface area (Å²) >= 11 is 0. The van der Waals surface area contributed by atoms with Gasteiger partial charge in [0, 0.05) is 6.07 Å². The van der Waals surface area contributed by atoms with Crippen molar-refractivity contribution < 1.29 is 18.3 Å². The molecule has 0 aliphatic heterocycles. The molecular formula is C16H15F2NO2.